The van der Waals surface area contributed by atoms with Crippen molar-refractivity contribution < 1.29 is 19.4 Å². The summed E-state index contributed by atoms with van der Waals surface area (Å²) in [6.07, 6.45) is 3.29. The smallest absolute Gasteiger partial charge is 0.410 e. The van der Waals surface area contributed by atoms with Crippen LogP contribution in [-0.4, -0.2) is 36.2 Å². The molecule has 2 unspecified atom stereocenters. The Balaban J connectivity index is 1.81. The van der Waals surface area contributed by atoms with Crippen LogP contribution in [0.2, 0.25) is 0 Å². The van der Waals surface area contributed by atoms with Crippen molar-refractivity contribution in [2.45, 2.75) is 51.6 Å². The van der Waals surface area contributed by atoms with Gasteiger partial charge >= 0.3 is 6.09 Å². The highest BCUT2D eigenvalue weighted by Gasteiger charge is 2.24. The molecule has 1 aromatic rings. The van der Waals surface area contributed by atoms with E-state index in [4.69, 9.17) is 4.74 Å². The SMILES string of the molecule is CC(CCc1ccccc1)CC(OC(=O)N1CCCCC1)C(=O)[O-]. The monoisotopic (exact) mass is 332 g/mol. The van der Waals surface area contributed by atoms with Crippen LogP contribution in [0, 0.1) is 5.92 Å². The molecular formula is C19H26NO4-. The van der Waals surface area contributed by atoms with Gasteiger partial charge in [-0.25, -0.2) is 4.79 Å². The Hall–Kier alpha value is -2.04. The van der Waals surface area contributed by atoms with E-state index < -0.39 is 18.2 Å². The van der Waals surface area contributed by atoms with Crippen LogP contribution in [0.15, 0.2) is 30.3 Å². The fourth-order valence-corrected chi connectivity index (χ4v) is 3.01. The topological polar surface area (TPSA) is 69.7 Å². The number of benzene rings is 1. The number of hydrogen-bond acceptors (Lipinski definition) is 4. The summed E-state index contributed by atoms with van der Waals surface area (Å²) in [5, 5.41) is 11.3. The summed E-state index contributed by atoms with van der Waals surface area (Å²) in [4.78, 5) is 25.0. The molecule has 0 bridgehead atoms. The third-order valence-electron chi connectivity index (χ3n) is 4.51. The lowest BCUT2D eigenvalue weighted by molar-refractivity contribution is -0.315. The highest BCUT2D eigenvalue weighted by Crippen LogP contribution is 2.18. The lowest BCUT2D eigenvalue weighted by Crippen LogP contribution is -2.44. The van der Waals surface area contributed by atoms with Gasteiger partial charge in [0.15, 0.2) is 0 Å². The Labute approximate surface area is 143 Å². The van der Waals surface area contributed by atoms with E-state index in [2.05, 4.69) is 12.1 Å². The molecule has 1 aliphatic heterocycles. The number of amides is 1. The van der Waals surface area contributed by atoms with Crippen LogP contribution < -0.4 is 5.11 Å². The van der Waals surface area contributed by atoms with Crippen LogP contribution >= 0.6 is 0 Å². The van der Waals surface area contributed by atoms with Gasteiger partial charge < -0.3 is 19.5 Å². The molecule has 0 saturated carbocycles. The summed E-state index contributed by atoms with van der Waals surface area (Å²) in [6.45, 7) is 3.26. The quantitative estimate of drug-likeness (QED) is 0.769. The van der Waals surface area contributed by atoms with Crippen molar-refractivity contribution >= 4 is 12.1 Å². The van der Waals surface area contributed by atoms with Gasteiger partial charge in [-0.2, -0.15) is 0 Å². The van der Waals surface area contributed by atoms with E-state index in [-0.39, 0.29) is 12.3 Å². The van der Waals surface area contributed by atoms with Crippen molar-refractivity contribution in [3.8, 4) is 0 Å². The molecule has 0 aliphatic carbocycles. The Bertz CT molecular complexity index is 525. The maximum Gasteiger partial charge on any atom is 0.410 e. The van der Waals surface area contributed by atoms with Crippen molar-refractivity contribution in [1.29, 1.82) is 0 Å². The number of carboxylic acid groups (broad SMARTS) is 1. The van der Waals surface area contributed by atoms with Crippen molar-refractivity contribution in [2.24, 2.45) is 5.92 Å². The number of hydrogen-bond donors (Lipinski definition) is 0. The summed E-state index contributed by atoms with van der Waals surface area (Å²) in [6, 6.07) is 10.1. The average Bonchev–Trinajstić information content (AvgIpc) is 2.61. The fraction of sp³-hybridized carbons (Fsp3) is 0.579. The van der Waals surface area contributed by atoms with Gasteiger partial charge in [0, 0.05) is 13.1 Å². The number of aryl methyl sites for hydroxylation is 1. The summed E-state index contributed by atoms with van der Waals surface area (Å²) in [5.41, 5.74) is 1.22. The second-order valence-electron chi connectivity index (χ2n) is 6.60. The van der Waals surface area contributed by atoms with Crippen LogP contribution in [0.4, 0.5) is 4.79 Å². The van der Waals surface area contributed by atoms with Crippen LogP contribution in [0.25, 0.3) is 0 Å². The molecule has 2 atom stereocenters. The van der Waals surface area contributed by atoms with Crippen molar-refractivity contribution in [2.75, 3.05) is 13.1 Å². The lowest BCUT2D eigenvalue weighted by atomic mass is 9.95. The Morgan fingerprint density at radius 1 is 1.17 bits per heavy atom. The second-order valence-corrected chi connectivity index (χ2v) is 6.60. The highest BCUT2D eigenvalue weighted by molar-refractivity contribution is 5.76. The zero-order chi connectivity index (χ0) is 17.4. The minimum atomic E-state index is -1.31. The summed E-state index contributed by atoms with van der Waals surface area (Å²) in [5.74, 6) is -1.19. The Morgan fingerprint density at radius 3 is 2.46 bits per heavy atom. The standard InChI is InChI=1S/C19H27NO4/c1-15(10-11-16-8-4-2-5-9-16)14-17(18(21)22)24-19(23)20-12-6-3-7-13-20/h2,4-5,8-9,15,17H,3,6-7,10-14H2,1H3,(H,21,22)/p-1. The second kappa shape index (κ2) is 9.30. The zero-order valence-electron chi connectivity index (χ0n) is 14.3. The number of likely N-dealkylation sites (tertiary alicyclic amines) is 1. The van der Waals surface area contributed by atoms with Crippen LogP contribution in [0.1, 0.15) is 44.6 Å². The first kappa shape index (κ1) is 18.3. The largest absolute Gasteiger partial charge is 0.546 e. The molecule has 5 nitrogen and oxygen atoms in total. The van der Waals surface area contributed by atoms with Gasteiger partial charge in [0.2, 0.25) is 0 Å². The highest BCUT2D eigenvalue weighted by atomic mass is 16.6. The molecule has 1 amide bonds. The molecule has 5 heteroatoms. The van der Waals surface area contributed by atoms with Gasteiger partial charge in [-0.15, -0.1) is 0 Å². The normalized spacial score (nSPS) is 17.1. The van der Waals surface area contributed by atoms with Gasteiger partial charge in [0.05, 0.1) is 5.97 Å². The lowest BCUT2D eigenvalue weighted by Gasteiger charge is -2.29. The van der Waals surface area contributed by atoms with Crippen LogP contribution in [-0.2, 0) is 16.0 Å². The maximum atomic E-state index is 12.1. The minimum Gasteiger partial charge on any atom is -0.546 e. The average molecular weight is 332 g/mol. The van der Waals surface area contributed by atoms with E-state index >= 15 is 0 Å². The maximum absolute atomic E-state index is 12.1. The minimum absolute atomic E-state index is 0.127. The molecular weight excluding hydrogens is 306 g/mol. The number of rotatable bonds is 7. The molecule has 24 heavy (non-hydrogen) atoms. The molecule has 0 aromatic heterocycles. The van der Waals surface area contributed by atoms with Gasteiger partial charge in [-0.05, 0) is 50.0 Å². The Kier molecular flexibility index (Phi) is 7.09. The van der Waals surface area contributed by atoms with Crippen molar-refractivity contribution in [3.63, 3.8) is 0 Å². The number of nitrogens with zero attached hydrogens (tertiary/aromatic N) is 1. The molecule has 0 radical (unpaired) electrons. The van der Waals surface area contributed by atoms with Crippen molar-refractivity contribution in [3.05, 3.63) is 35.9 Å². The van der Waals surface area contributed by atoms with Gasteiger partial charge in [0.1, 0.15) is 6.10 Å². The van der Waals surface area contributed by atoms with E-state index in [1.165, 1.54) is 5.56 Å². The molecule has 1 saturated heterocycles. The number of piperidine rings is 1. The first-order chi connectivity index (χ1) is 11.6. The molecule has 1 fully saturated rings. The molecule has 2 rings (SSSR count). The third-order valence-corrected chi connectivity index (χ3v) is 4.51. The summed E-state index contributed by atoms with van der Waals surface area (Å²) < 4.78 is 5.20. The molecule has 132 valence electrons. The number of carbonyl (C=O) groups is 2. The van der Waals surface area contributed by atoms with E-state index in [1.54, 1.807) is 4.90 Å². The Morgan fingerprint density at radius 2 is 1.83 bits per heavy atom. The first-order valence-electron chi connectivity index (χ1n) is 8.76. The third kappa shape index (κ3) is 5.87. The molecule has 1 aliphatic rings. The van der Waals surface area contributed by atoms with Crippen LogP contribution in [0.5, 0.6) is 0 Å². The van der Waals surface area contributed by atoms with E-state index in [1.807, 2.05) is 25.1 Å². The van der Waals surface area contributed by atoms with E-state index in [9.17, 15) is 14.7 Å². The number of ether oxygens (including phenoxy) is 1. The van der Waals surface area contributed by atoms with E-state index in [0.717, 1.165) is 32.1 Å². The zero-order valence-corrected chi connectivity index (χ0v) is 14.3. The van der Waals surface area contributed by atoms with Gasteiger partial charge in [0.25, 0.3) is 0 Å². The number of carbonyl (C=O) groups excluding carboxylic acids is 2. The van der Waals surface area contributed by atoms with Gasteiger partial charge in [-0.1, -0.05) is 37.3 Å². The van der Waals surface area contributed by atoms with Gasteiger partial charge in [-0.3, -0.25) is 0 Å². The number of carboxylic acids is 1. The number of aliphatic carboxylic acids is 1. The fourth-order valence-electron chi connectivity index (χ4n) is 3.01. The van der Waals surface area contributed by atoms with Crippen LogP contribution in [0.3, 0.4) is 0 Å². The molecule has 1 heterocycles. The molecule has 1 aromatic carbocycles. The predicted molar refractivity (Wildman–Crippen MR) is 89.2 cm³/mol. The molecule has 0 N–H and O–H groups in total. The van der Waals surface area contributed by atoms with Crippen molar-refractivity contribution in [1.82, 2.24) is 4.90 Å². The predicted octanol–water partition coefficient (Wildman–Crippen LogP) is 2.39. The molecule has 0 spiro atoms. The van der Waals surface area contributed by atoms with E-state index in [0.29, 0.717) is 13.1 Å². The summed E-state index contributed by atoms with van der Waals surface area (Å²) >= 11 is 0. The summed E-state index contributed by atoms with van der Waals surface area (Å²) in [7, 11) is 0. The first-order valence-corrected chi connectivity index (χ1v) is 8.76.